The summed E-state index contributed by atoms with van der Waals surface area (Å²) in [6.07, 6.45) is 0.885. The summed E-state index contributed by atoms with van der Waals surface area (Å²) in [7, 11) is 0. The first-order valence-electron chi connectivity index (χ1n) is 5.64. The van der Waals surface area contributed by atoms with Crippen LogP contribution in [0.3, 0.4) is 0 Å². The van der Waals surface area contributed by atoms with Gasteiger partial charge in [-0.1, -0.05) is 31.7 Å². The fraction of sp³-hybridized carbons (Fsp3) is 0.267. The maximum absolute atomic E-state index is 11.9. The second-order valence-corrected chi connectivity index (χ2v) is 5.06. The van der Waals surface area contributed by atoms with E-state index in [0.29, 0.717) is 5.56 Å². The first-order chi connectivity index (χ1) is 8.25. The van der Waals surface area contributed by atoms with Gasteiger partial charge in [-0.2, -0.15) is 0 Å². The lowest BCUT2D eigenvalue weighted by atomic mass is 10.1. The minimum absolute atomic E-state index is 0. The lowest BCUT2D eigenvalue weighted by Crippen LogP contribution is -2.33. The van der Waals surface area contributed by atoms with Crippen LogP contribution in [0.15, 0.2) is 47.8 Å². The second kappa shape index (κ2) is 6.97. The van der Waals surface area contributed by atoms with Crippen LogP contribution in [0.2, 0.25) is 0 Å². The SMILES string of the molecule is C.CC(Cc1cccs1)NC(=O)c1ccccc1. The average Bonchev–Trinajstić information content (AvgIpc) is 2.82. The highest BCUT2D eigenvalue weighted by Crippen LogP contribution is 2.11. The van der Waals surface area contributed by atoms with E-state index < -0.39 is 0 Å². The first kappa shape index (κ1) is 14.5. The molecule has 2 rings (SSSR count). The smallest absolute Gasteiger partial charge is 0.251 e. The number of thiophene rings is 1. The van der Waals surface area contributed by atoms with Crippen LogP contribution in [0.1, 0.15) is 29.6 Å². The van der Waals surface area contributed by atoms with Crippen molar-refractivity contribution in [2.45, 2.75) is 26.8 Å². The Balaban J connectivity index is 0.00000162. The third-order valence-corrected chi connectivity index (χ3v) is 3.40. The molecule has 0 saturated carbocycles. The molecular weight excluding hydrogens is 242 g/mol. The number of hydrogen-bond donors (Lipinski definition) is 1. The van der Waals surface area contributed by atoms with Crippen LogP contribution in [0.5, 0.6) is 0 Å². The van der Waals surface area contributed by atoms with E-state index in [2.05, 4.69) is 16.8 Å². The van der Waals surface area contributed by atoms with E-state index in [1.165, 1.54) is 4.88 Å². The van der Waals surface area contributed by atoms with E-state index in [-0.39, 0.29) is 19.4 Å². The van der Waals surface area contributed by atoms with E-state index in [1.807, 2.05) is 43.3 Å². The molecule has 96 valence electrons. The molecule has 3 heteroatoms. The summed E-state index contributed by atoms with van der Waals surface area (Å²) in [5.74, 6) is -0.00495. The summed E-state index contributed by atoms with van der Waals surface area (Å²) in [5, 5.41) is 5.06. The highest BCUT2D eigenvalue weighted by molar-refractivity contribution is 7.09. The predicted molar refractivity (Wildman–Crippen MR) is 78.1 cm³/mol. The minimum Gasteiger partial charge on any atom is -0.349 e. The van der Waals surface area contributed by atoms with E-state index in [9.17, 15) is 4.79 Å². The van der Waals surface area contributed by atoms with Crippen LogP contribution in [-0.4, -0.2) is 11.9 Å². The Hall–Kier alpha value is -1.61. The van der Waals surface area contributed by atoms with Crippen molar-refractivity contribution in [3.05, 3.63) is 58.3 Å². The summed E-state index contributed by atoms with van der Waals surface area (Å²) in [6, 6.07) is 13.6. The van der Waals surface area contributed by atoms with Gasteiger partial charge in [0.05, 0.1) is 0 Å². The van der Waals surface area contributed by atoms with Gasteiger partial charge in [-0.3, -0.25) is 4.79 Å². The molecule has 1 aromatic heterocycles. The lowest BCUT2D eigenvalue weighted by molar-refractivity contribution is 0.0940. The van der Waals surface area contributed by atoms with Crippen LogP contribution >= 0.6 is 11.3 Å². The number of hydrogen-bond acceptors (Lipinski definition) is 2. The molecule has 2 nitrogen and oxygen atoms in total. The minimum atomic E-state index is -0.00495. The van der Waals surface area contributed by atoms with Crippen molar-refractivity contribution in [2.24, 2.45) is 0 Å². The maximum atomic E-state index is 11.9. The normalized spacial score (nSPS) is 11.4. The average molecular weight is 261 g/mol. The first-order valence-corrected chi connectivity index (χ1v) is 6.52. The molecule has 1 aromatic carbocycles. The molecule has 1 unspecified atom stereocenters. The Morgan fingerprint density at radius 1 is 1.22 bits per heavy atom. The predicted octanol–water partition coefficient (Wildman–Crippen LogP) is 3.75. The van der Waals surface area contributed by atoms with Gasteiger partial charge in [0.15, 0.2) is 0 Å². The zero-order valence-corrected chi connectivity index (χ0v) is 10.5. The van der Waals surface area contributed by atoms with Crippen LogP contribution in [-0.2, 0) is 6.42 Å². The zero-order valence-electron chi connectivity index (χ0n) is 9.72. The number of carbonyl (C=O) groups is 1. The molecule has 1 N–H and O–H groups in total. The Morgan fingerprint density at radius 3 is 2.56 bits per heavy atom. The summed E-state index contributed by atoms with van der Waals surface area (Å²) in [4.78, 5) is 13.2. The topological polar surface area (TPSA) is 29.1 Å². The van der Waals surface area contributed by atoms with Gasteiger partial charge < -0.3 is 5.32 Å². The van der Waals surface area contributed by atoms with Crippen LogP contribution in [0.4, 0.5) is 0 Å². The van der Waals surface area contributed by atoms with Crippen molar-refractivity contribution < 1.29 is 4.79 Å². The van der Waals surface area contributed by atoms with E-state index >= 15 is 0 Å². The highest BCUT2D eigenvalue weighted by Gasteiger charge is 2.09. The van der Waals surface area contributed by atoms with Crippen molar-refractivity contribution in [1.29, 1.82) is 0 Å². The third-order valence-electron chi connectivity index (χ3n) is 2.50. The molecule has 0 aliphatic carbocycles. The zero-order chi connectivity index (χ0) is 12.1. The molecule has 0 saturated heterocycles. The van der Waals surface area contributed by atoms with Gasteiger partial charge in [0.25, 0.3) is 5.91 Å². The molecule has 0 aliphatic heterocycles. The van der Waals surface area contributed by atoms with Gasteiger partial charge in [0.2, 0.25) is 0 Å². The fourth-order valence-electron chi connectivity index (χ4n) is 1.68. The van der Waals surface area contributed by atoms with E-state index in [4.69, 9.17) is 0 Å². The lowest BCUT2D eigenvalue weighted by Gasteiger charge is -2.12. The Morgan fingerprint density at radius 2 is 1.94 bits per heavy atom. The van der Waals surface area contributed by atoms with Gasteiger partial charge in [-0.15, -0.1) is 11.3 Å². The Bertz CT molecular complexity index is 465. The summed E-state index contributed by atoms with van der Waals surface area (Å²) in [6.45, 7) is 2.03. The van der Waals surface area contributed by atoms with Crippen molar-refractivity contribution in [3.8, 4) is 0 Å². The van der Waals surface area contributed by atoms with Gasteiger partial charge >= 0.3 is 0 Å². The van der Waals surface area contributed by atoms with E-state index in [0.717, 1.165) is 6.42 Å². The van der Waals surface area contributed by atoms with Crippen molar-refractivity contribution >= 4 is 17.2 Å². The summed E-state index contributed by atoms with van der Waals surface area (Å²) >= 11 is 1.72. The van der Waals surface area contributed by atoms with Gasteiger partial charge in [-0.25, -0.2) is 0 Å². The number of amides is 1. The largest absolute Gasteiger partial charge is 0.349 e. The monoisotopic (exact) mass is 261 g/mol. The van der Waals surface area contributed by atoms with Gasteiger partial charge in [-0.05, 0) is 30.5 Å². The summed E-state index contributed by atoms with van der Waals surface area (Å²) in [5.41, 5.74) is 0.713. The molecule has 1 atom stereocenters. The molecule has 0 spiro atoms. The quantitative estimate of drug-likeness (QED) is 0.892. The fourth-order valence-corrected chi connectivity index (χ4v) is 2.51. The molecule has 0 fully saturated rings. The molecule has 18 heavy (non-hydrogen) atoms. The Kier molecular flexibility index (Phi) is 5.59. The van der Waals surface area contributed by atoms with Gasteiger partial charge in [0.1, 0.15) is 0 Å². The number of rotatable bonds is 4. The molecule has 0 aliphatic rings. The van der Waals surface area contributed by atoms with Gasteiger partial charge in [0, 0.05) is 22.9 Å². The maximum Gasteiger partial charge on any atom is 0.251 e. The molecule has 1 heterocycles. The second-order valence-electron chi connectivity index (χ2n) is 4.02. The summed E-state index contributed by atoms with van der Waals surface area (Å²) < 4.78 is 0. The number of benzene rings is 1. The van der Waals surface area contributed by atoms with Crippen LogP contribution < -0.4 is 5.32 Å². The molecule has 0 bridgehead atoms. The van der Waals surface area contributed by atoms with Crippen molar-refractivity contribution in [2.75, 3.05) is 0 Å². The highest BCUT2D eigenvalue weighted by atomic mass is 32.1. The van der Waals surface area contributed by atoms with Crippen molar-refractivity contribution in [1.82, 2.24) is 5.32 Å². The van der Waals surface area contributed by atoms with Crippen molar-refractivity contribution in [3.63, 3.8) is 0 Å². The number of carbonyl (C=O) groups excluding carboxylic acids is 1. The van der Waals surface area contributed by atoms with Crippen LogP contribution in [0, 0.1) is 0 Å². The molecule has 0 radical (unpaired) electrons. The molecule has 2 aromatic rings. The molecular formula is C15H19NOS. The van der Waals surface area contributed by atoms with Crippen LogP contribution in [0.25, 0.3) is 0 Å². The third kappa shape index (κ3) is 4.00. The standard InChI is InChI=1S/C14H15NOS.CH4/c1-11(10-13-8-5-9-17-13)15-14(16)12-6-3-2-4-7-12;/h2-9,11H,10H2,1H3,(H,15,16);1H4. The Labute approximate surface area is 113 Å². The number of nitrogens with one attached hydrogen (secondary N) is 1. The van der Waals surface area contributed by atoms with E-state index in [1.54, 1.807) is 11.3 Å². The molecule has 1 amide bonds.